The fourth-order valence-corrected chi connectivity index (χ4v) is 8.33. The van der Waals surface area contributed by atoms with Gasteiger partial charge in [0.1, 0.15) is 12.4 Å². The van der Waals surface area contributed by atoms with Gasteiger partial charge < -0.3 is 19.9 Å². The third-order valence-electron chi connectivity index (χ3n) is 8.53. The van der Waals surface area contributed by atoms with Crippen molar-refractivity contribution in [3.8, 4) is 0 Å². The standard InChI is InChI=1S/C26H42FN5O5S/c27-18-21(29-26(33)24-17-25(37-30-24)19-3-4-19)16-22-2-1-10-32(22)38(34,35)23-7-5-20(6-8-23)28-9-11-31-12-14-36-15-13-31/h17,19-23,28H,1-16,18H2,(H,29,33)/t20-,21-,22+,23-/m1/s1. The summed E-state index contributed by atoms with van der Waals surface area (Å²) in [6.45, 7) is 5.13. The van der Waals surface area contributed by atoms with Crippen molar-refractivity contribution in [1.29, 1.82) is 0 Å². The molecule has 4 aliphatic rings. The molecular weight excluding hydrogens is 513 g/mol. The molecule has 2 saturated carbocycles. The second-order valence-electron chi connectivity index (χ2n) is 11.3. The van der Waals surface area contributed by atoms with E-state index in [2.05, 4.69) is 20.7 Å². The van der Waals surface area contributed by atoms with E-state index in [1.807, 2.05) is 0 Å². The zero-order valence-electron chi connectivity index (χ0n) is 22.2. The lowest BCUT2D eigenvalue weighted by molar-refractivity contribution is 0.0380. The van der Waals surface area contributed by atoms with E-state index in [4.69, 9.17) is 9.26 Å². The monoisotopic (exact) mass is 555 g/mol. The molecule has 0 spiro atoms. The van der Waals surface area contributed by atoms with Crippen LogP contribution >= 0.6 is 0 Å². The van der Waals surface area contributed by atoms with Crippen molar-refractivity contribution in [2.45, 2.75) is 87.1 Å². The molecule has 2 saturated heterocycles. The summed E-state index contributed by atoms with van der Waals surface area (Å²) in [6.07, 6.45) is 6.71. The van der Waals surface area contributed by atoms with Crippen molar-refractivity contribution in [1.82, 2.24) is 25.0 Å². The number of halogens is 1. The van der Waals surface area contributed by atoms with E-state index in [-0.39, 0.29) is 18.2 Å². The minimum absolute atomic E-state index is 0.150. The summed E-state index contributed by atoms with van der Waals surface area (Å²) < 4.78 is 53.4. The maximum absolute atomic E-state index is 13.9. The van der Waals surface area contributed by atoms with Gasteiger partial charge in [0, 0.05) is 56.8 Å². The van der Waals surface area contributed by atoms with Gasteiger partial charge in [-0.2, -0.15) is 4.31 Å². The zero-order chi connectivity index (χ0) is 26.5. The molecule has 0 aromatic carbocycles. The fraction of sp³-hybridized carbons (Fsp3) is 0.846. The number of morpholine rings is 1. The molecule has 1 aromatic heterocycles. The minimum Gasteiger partial charge on any atom is -0.379 e. The van der Waals surface area contributed by atoms with Crippen molar-refractivity contribution < 1.29 is 26.9 Å². The molecule has 0 bridgehead atoms. The van der Waals surface area contributed by atoms with Gasteiger partial charge in [-0.25, -0.2) is 12.8 Å². The van der Waals surface area contributed by atoms with Gasteiger partial charge in [0.15, 0.2) is 5.69 Å². The summed E-state index contributed by atoms with van der Waals surface area (Å²) in [5.41, 5.74) is 0.150. The molecule has 10 nitrogen and oxygen atoms in total. The SMILES string of the molecule is O=C(N[C@@H](CF)C[C@@H]1CCCN1S(=O)(=O)[C@H]1CC[C@H](NCCN2CCOCC2)CC1)c1cc(C2CC2)on1. The third-order valence-corrected chi connectivity index (χ3v) is 11.0. The van der Waals surface area contributed by atoms with Crippen LogP contribution in [0.1, 0.15) is 80.0 Å². The molecule has 2 aliphatic carbocycles. The molecule has 214 valence electrons. The van der Waals surface area contributed by atoms with Crippen LogP contribution in [-0.4, -0.2) is 105 Å². The Balaban J connectivity index is 1.09. The van der Waals surface area contributed by atoms with Gasteiger partial charge in [0.05, 0.1) is 24.5 Å². The molecule has 0 radical (unpaired) electrons. The third kappa shape index (κ3) is 6.93. The number of carbonyl (C=O) groups is 1. The van der Waals surface area contributed by atoms with Crippen molar-refractivity contribution in [3.63, 3.8) is 0 Å². The lowest BCUT2D eigenvalue weighted by atomic mass is 9.95. The smallest absolute Gasteiger partial charge is 0.273 e. The number of nitrogens with one attached hydrogen (secondary N) is 2. The van der Waals surface area contributed by atoms with E-state index in [9.17, 15) is 17.6 Å². The Morgan fingerprint density at radius 3 is 2.58 bits per heavy atom. The van der Waals surface area contributed by atoms with Crippen molar-refractivity contribution in [2.24, 2.45) is 0 Å². The first kappa shape index (κ1) is 27.9. The average molecular weight is 556 g/mol. The highest BCUT2D eigenvalue weighted by atomic mass is 32.2. The van der Waals surface area contributed by atoms with E-state index in [0.717, 1.165) is 71.5 Å². The predicted molar refractivity (Wildman–Crippen MR) is 140 cm³/mol. The number of alkyl halides is 1. The van der Waals surface area contributed by atoms with Crippen molar-refractivity contribution >= 4 is 15.9 Å². The second-order valence-corrected chi connectivity index (χ2v) is 13.4. The molecule has 0 unspecified atom stereocenters. The van der Waals surface area contributed by atoms with Crippen LogP contribution in [0.4, 0.5) is 4.39 Å². The van der Waals surface area contributed by atoms with E-state index < -0.39 is 33.9 Å². The summed E-state index contributed by atoms with van der Waals surface area (Å²) in [5.74, 6) is 0.552. The highest BCUT2D eigenvalue weighted by molar-refractivity contribution is 7.89. The number of ether oxygens (including phenoxy) is 1. The Labute approximate surface area is 225 Å². The number of sulfonamides is 1. The second kappa shape index (κ2) is 12.7. The van der Waals surface area contributed by atoms with Crippen molar-refractivity contribution in [2.75, 3.05) is 52.6 Å². The predicted octanol–water partition coefficient (Wildman–Crippen LogP) is 2.04. The van der Waals surface area contributed by atoms with Crippen LogP contribution in [0.25, 0.3) is 0 Å². The summed E-state index contributed by atoms with van der Waals surface area (Å²) in [5, 5.41) is 9.76. The van der Waals surface area contributed by atoms with Gasteiger partial charge in [0.25, 0.3) is 5.91 Å². The van der Waals surface area contributed by atoms with E-state index in [0.29, 0.717) is 43.5 Å². The van der Waals surface area contributed by atoms with Gasteiger partial charge in [0.2, 0.25) is 10.0 Å². The maximum atomic E-state index is 13.9. The van der Waals surface area contributed by atoms with Crippen molar-refractivity contribution in [3.05, 3.63) is 17.5 Å². The number of carbonyl (C=O) groups excluding carboxylic acids is 1. The first-order valence-electron chi connectivity index (χ1n) is 14.3. The summed E-state index contributed by atoms with van der Waals surface area (Å²) in [6, 6.07) is 0.906. The Morgan fingerprint density at radius 2 is 1.87 bits per heavy atom. The summed E-state index contributed by atoms with van der Waals surface area (Å²) >= 11 is 0. The number of rotatable bonds is 12. The molecule has 3 heterocycles. The van der Waals surface area contributed by atoms with Crippen LogP contribution in [0, 0.1) is 0 Å². The molecule has 1 amide bonds. The summed E-state index contributed by atoms with van der Waals surface area (Å²) in [7, 11) is -3.48. The normalized spacial score (nSPS) is 28.4. The number of aromatic nitrogens is 1. The Bertz CT molecular complexity index is 1020. The molecule has 2 aliphatic heterocycles. The first-order valence-corrected chi connectivity index (χ1v) is 15.8. The van der Waals surface area contributed by atoms with Gasteiger partial charge in [-0.05, 0) is 57.8 Å². The lowest BCUT2D eigenvalue weighted by Gasteiger charge is -2.34. The van der Waals surface area contributed by atoms with Crippen LogP contribution in [0.5, 0.6) is 0 Å². The molecule has 1 aromatic rings. The van der Waals surface area contributed by atoms with E-state index >= 15 is 0 Å². The summed E-state index contributed by atoms with van der Waals surface area (Å²) in [4.78, 5) is 15.0. The molecule has 5 rings (SSSR count). The Kier molecular flexibility index (Phi) is 9.35. The quantitative estimate of drug-likeness (QED) is 0.403. The zero-order valence-corrected chi connectivity index (χ0v) is 23.0. The minimum atomic E-state index is -3.48. The molecule has 38 heavy (non-hydrogen) atoms. The molecular formula is C26H42FN5O5S. The Hall–Kier alpha value is -1.60. The van der Waals surface area contributed by atoms with Crippen LogP contribution in [0.3, 0.4) is 0 Å². The maximum Gasteiger partial charge on any atom is 0.273 e. The van der Waals surface area contributed by atoms with E-state index in [1.165, 1.54) is 0 Å². The van der Waals surface area contributed by atoms with Gasteiger partial charge in [-0.15, -0.1) is 0 Å². The molecule has 2 N–H and O–H groups in total. The number of nitrogens with zero attached hydrogens (tertiary/aromatic N) is 3. The average Bonchev–Trinajstić information content (AvgIpc) is 3.46. The molecule has 2 atom stereocenters. The van der Waals surface area contributed by atoms with Crippen LogP contribution < -0.4 is 10.6 Å². The largest absolute Gasteiger partial charge is 0.379 e. The molecule has 4 fully saturated rings. The molecule has 12 heteroatoms. The fourth-order valence-electron chi connectivity index (χ4n) is 6.09. The van der Waals surface area contributed by atoms with Gasteiger partial charge in [-0.1, -0.05) is 5.16 Å². The topological polar surface area (TPSA) is 117 Å². The van der Waals surface area contributed by atoms with E-state index in [1.54, 1.807) is 10.4 Å². The highest BCUT2D eigenvalue weighted by Crippen LogP contribution is 2.40. The van der Waals surface area contributed by atoms with Crippen LogP contribution in [0.2, 0.25) is 0 Å². The van der Waals surface area contributed by atoms with Gasteiger partial charge in [-0.3, -0.25) is 9.69 Å². The number of hydrogen-bond donors (Lipinski definition) is 2. The number of amides is 1. The van der Waals surface area contributed by atoms with Crippen LogP contribution in [0.15, 0.2) is 10.6 Å². The van der Waals surface area contributed by atoms with Gasteiger partial charge >= 0.3 is 0 Å². The highest BCUT2D eigenvalue weighted by Gasteiger charge is 2.41. The lowest BCUT2D eigenvalue weighted by Crippen LogP contribution is -2.48. The first-order chi connectivity index (χ1) is 18.4. The van der Waals surface area contributed by atoms with Crippen LogP contribution in [-0.2, 0) is 14.8 Å². The number of hydrogen-bond acceptors (Lipinski definition) is 8. The Morgan fingerprint density at radius 1 is 1.11 bits per heavy atom.